The van der Waals surface area contributed by atoms with Crippen LogP contribution in [0, 0.1) is 23.0 Å². The van der Waals surface area contributed by atoms with Gasteiger partial charge in [0.1, 0.15) is 0 Å². The zero-order chi connectivity index (χ0) is 15.3. The van der Waals surface area contributed by atoms with Gasteiger partial charge in [-0.1, -0.05) is 19.1 Å². The van der Waals surface area contributed by atoms with Crippen molar-refractivity contribution in [2.45, 2.75) is 19.6 Å². The molecule has 1 rings (SSSR count). The summed E-state index contributed by atoms with van der Waals surface area (Å²) in [6.07, 6.45) is 0. The molecule has 0 aliphatic rings. The molecule has 0 radical (unpaired) electrons. The Morgan fingerprint density at radius 3 is 2.70 bits per heavy atom. The summed E-state index contributed by atoms with van der Waals surface area (Å²) in [5, 5.41) is 10.8. The van der Waals surface area contributed by atoms with Crippen molar-refractivity contribution in [2.75, 3.05) is 12.9 Å². The lowest BCUT2D eigenvalue weighted by atomic mass is 10.1. The Balaban J connectivity index is 2.79. The van der Waals surface area contributed by atoms with Gasteiger partial charge in [0.2, 0.25) is 0 Å². The summed E-state index contributed by atoms with van der Waals surface area (Å²) in [6.45, 7) is 3.28. The van der Waals surface area contributed by atoms with Gasteiger partial charge in [0, 0.05) is 33.9 Å². The molecule has 20 heavy (non-hydrogen) atoms. The minimum atomic E-state index is -1.28. The van der Waals surface area contributed by atoms with E-state index < -0.39 is 27.6 Å². The third kappa shape index (κ3) is 4.12. The molecule has 0 N–H and O–H groups in total. The molecular weight excluding hydrogens is 282 g/mol. The number of nitrogens with zero attached hydrogens (tertiary/aromatic N) is 1. The summed E-state index contributed by atoms with van der Waals surface area (Å²) in [5.74, 6) is -0.502. The lowest BCUT2D eigenvalue weighted by Gasteiger charge is -2.10. The molecule has 6 nitrogen and oxygen atoms in total. The maximum absolute atomic E-state index is 12.0. The first-order valence-corrected chi connectivity index (χ1v) is 7.51. The van der Waals surface area contributed by atoms with Gasteiger partial charge < -0.3 is 4.74 Å². The molecule has 0 saturated heterocycles. The Morgan fingerprint density at radius 1 is 1.50 bits per heavy atom. The molecule has 0 aromatic heterocycles. The smallest absolute Gasteiger partial charge is 0.309 e. The van der Waals surface area contributed by atoms with Crippen molar-refractivity contribution >= 4 is 22.5 Å². The molecule has 0 fully saturated rings. The third-order valence-electron chi connectivity index (χ3n) is 2.97. The van der Waals surface area contributed by atoms with Gasteiger partial charge in [-0.15, -0.1) is 0 Å². The topological polar surface area (TPSA) is 86.5 Å². The van der Waals surface area contributed by atoms with Gasteiger partial charge in [-0.2, -0.15) is 0 Å². The number of esters is 1. The van der Waals surface area contributed by atoms with Crippen molar-refractivity contribution in [2.24, 2.45) is 5.92 Å². The van der Waals surface area contributed by atoms with Gasteiger partial charge in [-0.25, -0.2) is 0 Å². The van der Waals surface area contributed by atoms with Gasteiger partial charge in [-0.05, 0) is 12.5 Å². The van der Waals surface area contributed by atoms with Crippen LogP contribution in [0.1, 0.15) is 18.1 Å². The maximum atomic E-state index is 12.0. The number of rotatable bonds is 6. The molecule has 1 aromatic carbocycles. The molecule has 0 bridgehead atoms. The number of benzene rings is 1. The first kappa shape index (κ1) is 16.3. The molecule has 2 unspecified atom stereocenters. The van der Waals surface area contributed by atoms with E-state index >= 15 is 0 Å². The van der Waals surface area contributed by atoms with Crippen molar-refractivity contribution in [3.05, 3.63) is 39.4 Å². The average Bonchev–Trinajstić information content (AvgIpc) is 2.39. The third-order valence-corrected chi connectivity index (χ3v) is 4.47. The number of nitro benzene ring substituents is 1. The molecule has 0 spiro atoms. The van der Waals surface area contributed by atoms with Crippen LogP contribution in [0.4, 0.5) is 5.69 Å². The summed E-state index contributed by atoms with van der Waals surface area (Å²) in [6, 6.07) is 4.70. The number of ether oxygens (including phenoxy) is 1. The molecule has 2 atom stereocenters. The van der Waals surface area contributed by atoms with Crippen LogP contribution in [0.3, 0.4) is 0 Å². The second kappa shape index (κ2) is 7.14. The quantitative estimate of drug-likeness (QED) is 0.455. The SMILES string of the molecule is COC(=O)C(C)CS(=O)Cc1cccc([N+](=O)[O-])c1C. The normalized spacial score (nSPS) is 13.6. The van der Waals surface area contributed by atoms with E-state index in [-0.39, 0.29) is 17.2 Å². The van der Waals surface area contributed by atoms with E-state index in [0.717, 1.165) is 0 Å². The second-order valence-corrected chi connectivity index (χ2v) is 6.00. The fraction of sp³-hybridized carbons (Fsp3) is 0.462. The van der Waals surface area contributed by atoms with Crippen molar-refractivity contribution < 1.29 is 18.7 Å². The highest BCUT2D eigenvalue weighted by Crippen LogP contribution is 2.22. The summed E-state index contributed by atoms with van der Waals surface area (Å²) in [5.41, 5.74) is 1.19. The number of nitro groups is 1. The molecule has 0 saturated carbocycles. The van der Waals surface area contributed by atoms with Crippen LogP contribution < -0.4 is 0 Å². The molecule has 1 aromatic rings. The predicted octanol–water partition coefficient (Wildman–Crippen LogP) is 1.96. The first-order chi connectivity index (χ1) is 9.36. The van der Waals surface area contributed by atoms with E-state index in [2.05, 4.69) is 4.74 Å². The number of carbonyl (C=O) groups excluding carboxylic acids is 1. The number of hydrogen-bond acceptors (Lipinski definition) is 5. The Kier molecular flexibility index (Phi) is 5.82. The van der Waals surface area contributed by atoms with Crippen LogP contribution >= 0.6 is 0 Å². The van der Waals surface area contributed by atoms with Crippen LogP contribution in [-0.4, -0.2) is 28.0 Å². The van der Waals surface area contributed by atoms with E-state index in [0.29, 0.717) is 11.1 Å². The minimum Gasteiger partial charge on any atom is -0.469 e. The van der Waals surface area contributed by atoms with Gasteiger partial charge in [-0.3, -0.25) is 19.1 Å². The summed E-state index contributed by atoms with van der Waals surface area (Å²) in [4.78, 5) is 21.6. The number of hydrogen-bond donors (Lipinski definition) is 0. The highest BCUT2D eigenvalue weighted by Gasteiger charge is 2.19. The lowest BCUT2D eigenvalue weighted by Crippen LogP contribution is -2.20. The molecule has 0 aliphatic carbocycles. The summed E-state index contributed by atoms with van der Waals surface area (Å²) >= 11 is 0. The Labute approximate surface area is 119 Å². The number of methoxy groups -OCH3 is 1. The van der Waals surface area contributed by atoms with Crippen molar-refractivity contribution in [3.8, 4) is 0 Å². The fourth-order valence-electron chi connectivity index (χ4n) is 1.80. The van der Waals surface area contributed by atoms with Crippen molar-refractivity contribution in [1.29, 1.82) is 0 Å². The fourth-order valence-corrected chi connectivity index (χ4v) is 3.28. The zero-order valence-electron chi connectivity index (χ0n) is 11.6. The maximum Gasteiger partial charge on any atom is 0.309 e. The minimum absolute atomic E-state index is 0.0144. The molecule has 110 valence electrons. The Morgan fingerprint density at radius 2 is 2.15 bits per heavy atom. The van der Waals surface area contributed by atoms with E-state index in [4.69, 9.17) is 0 Å². The van der Waals surface area contributed by atoms with Gasteiger partial charge in [0.25, 0.3) is 5.69 Å². The van der Waals surface area contributed by atoms with Crippen LogP contribution in [0.25, 0.3) is 0 Å². The summed E-state index contributed by atoms with van der Waals surface area (Å²) < 4.78 is 16.6. The monoisotopic (exact) mass is 299 g/mol. The predicted molar refractivity (Wildman–Crippen MR) is 75.7 cm³/mol. The Hall–Kier alpha value is -1.76. The van der Waals surface area contributed by atoms with E-state index in [1.54, 1.807) is 26.0 Å². The highest BCUT2D eigenvalue weighted by atomic mass is 32.2. The van der Waals surface area contributed by atoms with Gasteiger partial charge in [0.15, 0.2) is 0 Å². The standard InChI is InChI=1S/C13H17NO5S/c1-9(13(15)19-3)7-20(18)8-11-5-4-6-12(10(11)2)14(16)17/h4-6,9H,7-8H2,1-3H3. The van der Waals surface area contributed by atoms with Gasteiger partial charge >= 0.3 is 5.97 Å². The lowest BCUT2D eigenvalue weighted by molar-refractivity contribution is -0.385. The van der Waals surface area contributed by atoms with E-state index in [9.17, 15) is 19.1 Å². The van der Waals surface area contributed by atoms with E-state index in [1.165, 1.54) is 13.2 Å². The first-order valence-electron chi connectivity index (χ1n) is 6.02. The molecule has 0 aliphatic heterocycles. The summed E-state index contributed by atoms with van der Waals surface area (Å²) in [7, 11) is 0.00570. The van der Waals surface area contributed by atoms with Crippen LogP contribution in [0.2, 0.25) is 0 Å². The van der Waals surface area contributed by atoms with Crippen molar-refractivity contribution in [1.82, 2.24) is 0 Å². The zero-order valence-corrected chi connectivity index (χ0v) is 12.4. The van der Waals surface area contributed by atoms with Gasteiger partial charge in [0.05, 0.1) is 18.0 Å². The van der Waals surface area contributed by atoms with Crippen molar-refractivity contribution in [3.63, 3.8) is 0 Å². The molecular formula is C13H17NO5S. The van der Waals surface area contributed by atoms with Crippen LogP contribution in [0.5, 0.6) is 0 Å². The largest absolute Gasteiger partial charge is 0.469 e. The number of carbonyl (C=O) groups is 1. The average molecular weight is 299 g/mol. The molecule has 0 amide bonds. The van der Waals surface area contributed by atoms with Crippen LogP contribution in [0.15, 0.2) is 18.2 Å². The molecule has 0 heterocycles. The highest BCUT2D eigenvalue weighted by molar-refractivity contribution is 7.84. The Bertz CT molecular complexity index is 544. The molecule has 7 heteroatoms. The van der Waals surface area contributed by atoms with E-state index in [1.807, 2.05) is 0 Å². The van der Waals surface area contributed by atoms with Crippen LogP contribution in [-0.2, 0) is 26.1 Å². The second-order valence-electron chi connectivity index (χ2n) is 4.49.